The predicted molar refractivity (Wildman–Crippen MR) is 75.6 cm³/mol. The number of ether oxygens (including phenoxy) is 1. The number of hydrogen-bond donors (Lipinski definition) is 4. The lowest BCUT2D eigenvalue weighted by molar-refractivity contribution is -0.140. The topological polar surface area (TPSA) is 112 Å². The van der Waals surface area contributed by atoms with Gasteiger partial charge in [-0.15, -0.1) is 0 Å². The van der Waals surface area contributed by atoms with E-state index in [1.54, 1.807) is 31.4 Å². The second-order valence-electron chi connectivity index (χ2n) is 4.59. The molecule has 0 radical (unpaired) electrons. The lowest BCUT2D eigenvalue weighted by Crippen LogP contribution is -2.35. The van der Waals surface area contributed by atoms with Crippen LogP contribution in [0.25, 0.3) is 10.9 Å². The first-order valence-corrected chi connectivity index (χ1v) is 6.36. The molecule has 0 aliphatic rings. The van der Waals surface area contributed by atoms with Gasteiger partial charge in [0, 0.05) is 23.5 Å². The lowest BCUT2D eigenvalue weighted by Gasteiger charge is -2.10. The minimum Gasteiger partial charge on any atom is -0.482 e. The molecule has 0 unspecified atom stereocenters. The van der Waals surface area contributed by atoms with Crippen molar-refractivity contribution in [1.29, 1.82) is 0 Å². The molecule has 7 heteroatoms. The van der Waals surface area contributed by atoms with Crippen LogP contribution in [0.3, 0.4) is 0 Å². The number of carboxylic acid groups (broad SMARTS) is 2. The van der Waals surface area contributed by atoms with E-state index < -0.39 is 24.6 Å². The van der Waals surface area contributed by atoms with Crippen molar-refractivity contribution in [1.82, 2.24) is 10.3 Å². The molecular formula is C14H16N2O5. The van der Waals surface area contributed by atoms with Crippen molar-refractivity contribution in [2.75, 3.05) is 13.7 Å². The average Bonchev–Trinajstić information content (AvgIpc) is 2.84. The first kappa shape index (κ1) is 14.9. The molecule has 112 valence electrons. The monoisotopic (exact) mass is 292 g/mol. The van der Waals surface area contributed by atoms with Gasteiger partial charge < -0.3 is 25.3 Å². The third kappa shape index (κ3) is 3.51. The number of carbonyl (C=O) groups is 2. The van der Waals surface area contributed by atoms with E-state index in [9.17, 15) is 9.59 Å². The van der Waals surface area contributed by atoms with Crippen molar-refractivity contribution in [2.24, 2.45) is 0 Å². The molecule has 1 heterocycles. The summed E-state index contributed by atoms with van der Waals surface area (Å²) < 4.78 is 5.13. The third-order valence-electron chi connectivity index (χ3n) is 3.17. The van der Waals surface area contributed by atoms with Crippen molar-refractivity contribution in [2.45, 2.75) is 12.5 Å². The summed E-state index contributed by atoms with van der Waals surface area (Å²) in [6.07, 6.45) is 2.06. The van der Waals surface area contributed by atoms with Crippen LogP contribution in [-0.4, -0.2) is 46.8 Å². The van der Waals surface area contributed by atoms with Gasteiger partial charge in [0.15, 0.2) is 6.61 Å². The summed E-state index contributed by atoms with van der Waals surface area (Å²) in [5, 5.41) is 21.2. The molecule has 4 N–H and O–H groups in total. The van der Waals surface area contributed by atoms with Crippen molar-refractivity contribution < 1.29 is 24.5 Å². The Hall–Kier alpha value is -2.54. The van der Waals surface area contributed by atoms with Crippen molar-refractivity contribution in [3.8, 4) is 5.75 Å². The summed E-state index contributed by atoms with van der Waals surface area (Å²) in [7, 11) is 1.59. The maximum absolute atomic E-state index is 11.1. The van der Waals surface area contributed by atoms with Crippen LogP contribution in [0.2, 0.25) is 0 Å². The smallest absolute Gasteiger partial charge is 0.341 e. The number of likely N-dealkylation sites (N-methyl/N-ethyl adjacent to an activating group) is 1. The minimum absolute atomic E-state index is 0.314. The Morgan fingerprint density at radius 2 is 2.14 bits per heavy atom. The number of hydrogen-bond acceptors (Lipinski definition) is 4. The van der Waals surface area contributed by atoms with Gasteiger partial charge in [-0.25, -0.2) is 4.79 Å². The Morgan fingerprint density at radius 1 is 1.38 bits per heavy atom. The highest BCUT2D eigenvalue weighted by Crippen LogP contribution is 2.24. The van der Waals surface area contributed by atoms with Crippen molar-refractivity contribution in [3.63, 3.8) is 0 Å². The molecule has 0 aliphatic heterocycles. The van der Waals surface area contributed by atoms with Gasteiger partial charge in [-0.2, -0.15) is 0 Å². The molecule has 21 heavy (non-hydrogen) atoms. The number of carboxylic acids is 2. The molecule has 0 spiro atoms. The Morgan fingerprint density at radius 3 is 2.76 bits per heavy atom. The molecule has 2 rings (SSSR count). The fourth-order valence-corrected chi connectivity index (χ4v) is 2.09. The molecule has 0 aliphatic carbocycles. The van der Waals surface area contributed by atoms with E-state index in [1.165, 1.54) is 0 Å². The van der Waals surface area contributed by atoms with E-state index in [4.69, 9.17) is 14.9 Å². The molecule has 7 nitrogen and oxygen atoms in total. The summed E-state index contributed by atoms with van der Waals surface area (Å²) in [6, 6.07) is 4.45. The summed E-state index contributed by atoms with van der Waals surface area (Å²) in [5.74, 6) is -1.54. The van der Waals surface area contributed by atoms with Crippen molar-refractivity contribution >= 4 is 22.8 Å². The maximum Gasteiger partial charge on any atom is 0.341 e. The van der Waals surface area contributed by atoms with Gasteiger partial charge in [-0.1, -0.05) is 0 Å². The summed E-state index contributed by atoms with van der Waals surface area (Å²) in [6.45, 7) is -0.417. The van der Waals surface area contributed by atoms with Crippen LogP contribution in [0.15, 0.2) is 24.4 Å². The quantitative estimate of drug-likeness (QED) is 0.602. The molecule has 0 fully saturated rings. The standard InChI is InChI=1S/C14H16N2O5/c1-15-12(14(19)20)4-8-6-16-11-3-2-9(5-10(8)11)21-7-13(17)18/h2-3,5-6,12,15-16H,4,7H2,1H3,(H,17,18)(H,19,20)/t12-/m0/s1. The zero-order valence-corrected chi connectivity index (χ0v) is 11.4. The van der Waals surface area contributed by atoms with Crippen LogP contribution >= 0.6 is 0 Å². The largest absolute Gasteiger partial charge is 0.482 e. The van der Waals surface area contributed by atoms with Gasteiger partial charge in [0.1, 0.15) is 11.8 Å². The highest BCUT2D eigenvalue weighted by Gasteiger charge is 2.17. The zero-order valence-electron chi connectivity index (χ0n) is 11.4. The minimum atomic E-state index is -1.05. The van der Waals surface area contributed by atoms with Gasteiger partial charge in [-0.05, 0) is 30.8 Å². The Kier molecular flexibility index (Phi) is 4.44. The van der Waals surface area contributed by atoms with Crippen molar-refractivity contribution in [3.05, 3.63) is 30.0 Å². The Labute approximate surface area is 120 Å². The number of aromatic nitrogens is 1. The number of fused-ring (bicyclic) bond motifs is 1. The molecule has 2 aromatic rings. The number of nitrogens with one attached hydrogen (secondary N) is 2. The summed E-state index contributed by atoms with van der Waals surface area (Å²) >= 11 is 0. The molecule has 1 aromatic carbocycles. The van der Waals surface area contributed by atoms with E-state index in [0.717, 1.165) is 16.5 Å². The maximum atomic E-state index is 11.1. The first-order chi connectivity index (χ1) is 10.0. The normalized spacial score (nSPS) is 12.2. The molecule has 1 atom stereocenters. The SMILES string of the molecule is CN[C@@H](Cc1c[nH]c2ccc(OCC(=O)O)cc12)C(=O)O. The second-order valence-corrected chi connectivity index (χ2v) is 4.59. The van der Waals surface area contributed by atoms with Gasteiger partial charge in [0.05, 0.1) is 0 Å². The molecule has 0 bridgehead atoms. The van der Waals surface area contributed by atoms with Gasteiger partial charge in [-0.3, -0.25) is 4.79 Å². The first-order valence-electron chi connectivity index (χ1n) is 6.36. The Bertz CT molecular complexity index is 664. The van der Waals surface area contributed by atoms with E-state index in [0.29, 0.717) is 12.2 Å². The van der Waals surface area contributed by atoms with Gasteiger partial charge in [0.2, 0.25) is 0 Å². The van der Waals surface area contributed by atoms with Crippen LogP contribution in [0, 0.1) is 0 Å². The number of benzene rings is 1. The van der Waals surface area contributed by atoms with Gasteiger partial charge in [0.25, 0.3) is 0 Å². The number of H-pyrrole nitrogens is 1. The zero-order chi connectivity index (χ0) is 15.4. The number of rotatable bonds is 7. The second kappa shape index (κ2) is 6.27. The summed E-state index contributed by atoms with van der Waals surface area (Å²) in [4.78, 5) is 24.6. The van der Waals surface area contributed by atoms with E-state index in [2.05, 4.69) is 10.3 Å². The van der Waals surface area contributed by atoms with Crippen LogP contribution in [-0.2, 0) is 16.0 Å². The molecule has 0 saturated carbocycles. The molecule has 0 saturated heterocycles. The van der Waals surface area contributed by atoms with E-state index >= 15 is 0 Å². The highest BCUT2D eigenvalue weighted by molar-refractivity contribution is 5.85. The average molecular weight is 292 g/mol. The fourth-order valence-electron chi connectivity index (χ4n) is 2.09. The van der Waals surface area contributed by atoms with Crippen LogP contribution < -0.4 is 10.1 Å². The molecule has 0 amide bonds. The number of aromatic amines is 1. The van der Waals surface area contributed by atoms with Crippen LogP contribution in [0.5, 0.6) is 5.75 Å². The Balaban J connectivity index is 2.26. The predicted octanol–water partition coefficient (Wildman–Crippen LogP) is 0.846. The van der Waals surface area contributed by atoms with Crippen LogP contribution in [0.1, 0.15) is 5.56 Å². The lowest BCUT2D eigenvalue weighted by atomic mass is 10.1. The molecule has 1 aromatic heterocycles. The van der Waals surface area contributed by atoms with E-state index in [-0.39, 0.29) is 0 Å². The fraction of sp³-hybridized carbons (Fsp3) is 0.286. The molecular weight excluding hydrogens is 276 g/mol. The van der Waals surface area contributed by atoms with Crippen LogP contribution in [0.4, 0.5) is 0 Å². The third-order valence-corrected chi connectivity index (χ3v) is 3.17. The van der Waals surface area contributed by atoms with E-state index in [1.807, 2.05) is 0 Å². The summed E-state index contributed by atoms with van der Waals surface area (Å²) in [5.41, 5.74) is 1.67. The number of aliphatic carboxylic acids is 2. The van der Waals surface area contributed by atoms with Gasteiger partial charge >= 0.3 is 11.9 Å². The highest BCUT2D eigenvalue weighted by atomic mass is 16.5.